The molecule has 1 amide bonds. The van der Waals surface area contributed by atoms with Crippen LogP contribution in [0.5, 0.6) is 17.2 Å². The second-order valence-electron chi connectivity index (χ2n) is 5.99. The highest BCUT2D eigenvalue weighted by Crippen LogP contribution is 2.32. The molecule has 1 aliphatic heterocycles. The molecule has 0 unspecified atom stereocenters. The van der Waals surface area contributed by atoms with E-state index in [1.165, 1.54) is 6.92 Å². The van der Waals surface area contributed by atoms with Gasteiger partial charge in [0.25, 0.3) is 5.91 Å². The lowest BCUT2D eigenvalue weighted by atomic mass is 10.1. The molecule has 0 aliphatic carbocycles. The first kappa shape index (κ1) is 19.2. The van der Waals surface area contributed by atoms with Gasteiger partial charge in [-0.3, -0.25) is 9.59 Å². The van der Waals surface area contributed by atoms with Gasteiger partial charge in [-0.25, -0.2) is 4.79 Å². The second-order valence-corrected chi connectivity index (χ2v) is 5.99. The number of rotatable bonds is 8. The van der Waals surface area contributed by atoms with Gasteiger partial charge >= 0.3 is 5.97 Å². The van der Waals surface area contributed by atoms with E-state index in [1.807, 2.05) is 6.07 Å². The van der Waals surface area contributed by atoms with Crippen molar-refractivity contribution < 1.29 is 33.3 Å². The van der Waals surface area contributed by atoms with E-state index >= 15 is 0 Å². The molecular weight excluding hydrogens is 366 g/mol. The van der Waals surface area contributed by atoms with Gasteiger partial charge in [0.05, 0.1) is 0 Å². The normalized spacial score (nSPS) is 11.6. The summed E-state index contributed by atoms with van der Waals surface area (Å²) in [5, 5.41) is 2.65. The zero-order chi connectivity index (χ0) is 19.9. The monoisotopic (exact) mass is 385 g/mol. The molecule has 2 aromatic rings. The number of fused-ring (bicyclic) bond motifs is 1. The largest absolute Gasteiger partial charge is 0.482 e. The Labute approximate surface area is 161 Å². The van der Waals surface area contributed by atoms with Crippen molar-refractivity contribution in [1.82, 2.24) is 5.32 Å². The molecule has 8 heteroatoms. The summed E-state index contributed by atoms with van der Waals surface area (Å²) in [6.45, 7) is 1.17. The van der Waals surface area contributed by atoms with Crippen LogP contribution in [0.15, 0.2) is 42.5 Å². The predicted octanol–water partition coefficient (Wildman–Crippen LogP) is 1.86. The highest BCUT2D eigenvalue weighted by atomic mass is 16.7. The van der Waals surface area contributed by atoms with E-state index in [0.29, 0.717) is 22.8 Å². The number of carbonyl (C=O) groups is 3. The number of hydrogen-bond acceptors (Lipinski definition) is 7. The molecule has 1 N–H and O–H groups in total. The highest BCUT2D eigenvalue weighted by molar-refractivity contribution is 5.94. The molecule has 3 rings (SSSR count). The number of Topliss-reactive ketones (excluding diaryl/α,β-unsaturated/α-hetero) is 1. The van der Waals surface area contributed by atoms with Gasteiger partial charge in [0.15, 0.2) is 30.5 Å². The first-order valence-electron chi connectivity index (χ1n) is 8.56. The van der Waals surface area contributed by atoms with E-state index in [2.05, 4.69) is 5.32 Å². The maximum atomic E-state index is 11.8. The van der Waals surface area contributed by atoms with Gasteiger partial charge < -0.3 is 24.3 Å². The molecule has 2 aromatic carbocycles. The third kappa shape index (κ3) is 5.23. The summed E-state index contributed by atoms with van der Waals surface area (Å²) in [5.74, 6) is 0.559. The Bertz CT molecular complexity index is 877. The molecule has 0 spiro atoms. The number of carbonyl (C=O) groups excluding carboxylic acids is 3. The Kier molecular flexibility index (Phi) is 6.11. The van der Waals surface area contributed by atoms with Crippen molar-refractivity contribution >= 4 is 17.7 Å². The standard InChI is InChI=1S/C20H19NO7/c1-13(22)15-3-5-16(6-4-15)25-11-20(24)26-10-19(23)21-9-14-2-7-17-18(8-14)28-12-27-17/h2-8H,9-12H2,1H3,(H,21,23). The molecule has 8 nitrogen and oxygen atoms in total. The van der Waals surface area contributed by atoms with Crippen LogP contribution < -0.4 is 19.5 Å². The van der Waals surface area contributed by atoms with Crippen molar-refractivity contribution in [1.29, 1.82) is 0 Å². The summed E-state index contributed by atoms with van der Waals surface area (Å²) in [5.41, 5.74) is 1.38. The third-order valence-electron chi connectivity index (χ3n) is 3.91. The lowest BCUT2D eigenvalue weighted by molar-refractivity contribution is -0.150. The molecule has 146 valence electrons. The number of nitrogens with one attached hydrogen (secondary N) is 1. The molecule has 0 aromatic heterocycles. The summed E-state index contributed by atoms with van der Waals surface area (Å²) < 4.78 is 20.6. The lowest BCUT2D eigenvalue weighted by Crippen LogP contribution is -2.29. The molecule has 0 saturated carbocycles. The van der Waals surface area contributed by atoms with Crippen molar-refractivity contribution in [2.75, 3.05) is 20.0 Å². The molecule has 0 fully saturated rings. The molecule has 1 aliphatic rings. The molecule has 0 saturated heterocycles. The van der Waals surface area contributed by atoms with Crippen molar-refractivity contribution in [2.45, 2.75) is 13.5 Å². The van der Waals surface area contributed by atoms with Crippen LogP contribution in [0.25, 0.3) is 0 Å². The Morgan fingerprint density at radius 3 is 2.50 bits per heavy atom. The quantitative estimate of drug-likeness (QED) is 0.547. The average molecular weight is 385 g/mol. The van der Waals surface area contributed by atoms with Crippen LogP contribution in [0.1, 0.15) is 22.8 Å². The molecule has 28 heavy (non-hydrogen) atoms. The lowest BCUT2D eigenvalue weighted by Gasteiger charge is -2.08. The van der Waals surface area contributed by atoms with Crippen molar-refractivity contribution in [3.63, 3.8) is 0 Å². The Morgan fingerprint density at radius 2 is 1.75 bits per heavy atom. The average Bonchev–Trinajstić information content (AvgIpc) is 3.17. The fourth-order valence-corrected chi connectivity index (χ4v) is 2.42. The minimum absolute atomic E-state index is 0.0577. The summed E-state index contributed by atoms with van der Waals surface area (Å²) in [4.78, 5) is 34.7. The molecule has 0 bridgehead atoms. The zero-order valence-electron chi connectivity index (χ0n) is 15.2. The summed E-state index contributed by atoms with van der Waals surface area (Å²) >= 11 is 0. The maximum Gasteiger partial charge on any atom is 0.344 e. The molecule has 0 atom stereocenters. The minimum Gasteiger partial charge on any atom is -0.482 e. The van der Waals surface area contributed by atoms with Crippen LogP contribution in [-0.2, 0) is 20.9 Å². The van der Waals surface area contributed by atoms with Gasteiger partial charge in [0.1, 0.15) is 5.75 Å². The smallest absolute Gasteiger partial charge is 0.344 e. The fourth-order valence-electron chi connectivity index (χ4n) is 2.42. The molecule has 0 radical (unpaired) electrons. The Balaban J connectivity index is 1.35. The number of amides is 1. The van der Waals surface area contributed by atoms with Crippen molar-refractivity contribution in [2.24, 2.45) is 0 Å². The Hall–Kier alpha value is -3.55. The van der Waals surface area contributed by atoms with E-state index < -0.39 is 18.5 Å². The van der Waals surface area contributed by atoms with Gasteiger partial charge in [-0.05, 0) is 48.9 Å². The van der Waals surface area contributed by atoms with Crippen LogP contribution >= 0.6 is 0 Å². The number of hydrogen-bond donors (Lipinski definition) is 1. The van der Waals surface area contributed by atoms with Crippen molar-refractivity contribution in [3.8, 4) is 17.2 Å². The number of ether oxygens (including phenoxy) is 4. The first-order chi connectivity index (χ1) is 13.5. The number of esters is 1. The van der Waals surface area contributed by atoms with Gasteiger partial charge in [0.2, 0.25) is 6.79 Å². The highest BCUT2D eigenvalue weighted by Gasteiger charge is 2.14. The molecular formula is C20H19NO7. The third-order valence-corrected chi connectivity index (χ3v) is 3.91. The van der Waals surface area contributed by atoms with E-state index in [1.54, 1.807) is 36.4 Å². The van der Waals surface area contributed by atoms with Gasteiger partial charge in [0, 0.05) is 12.1 Å². The van der Waals surface area contributed by atoms with E-state index in [4.69, 9.17) is 18.9 Å². The first-order valence-corrected chi connectivity index (χ1v) is 8.56. The Morgan fingerprint density at radius 1 is 1.00 bits per heavy atom. The topological polar surface area (TPSA) is 100 Å². The second kappa shape index (κ2) is 8.90. The maximum absolute atomic E-state index is 11.8. The zero-order valence-corrected chi connectivity index (χ0v) is 15.2. The number of benzene rings is 2. The van der Waals surface area contributed by atoms with Crippen LogP contribution in [0.2, 0.25) is 0 Å². The summed E-state index contributed by atoms with van der Waals surface area (Å²) in [6, 6.07) is 11.7. The van der Waals surface area contributed by atoms with Crippen LogP contribution in [-0.4, -0.2) is 37.7 Å². The van der Waals surface area contributed by atoms with Crippen LogP contribution in [0, 0.1) is 0 Å². The van der Waals surface area contributed by atoms with E-state index in [0.717, 1.165) is 5.56 Å². The molecule has 1 heterocycles. The van der Waals surface area contributed by atoms with Gasteiger partial charge in [-0.2, -0.15) is 0 Å². The summed E-state index contributed by atoms with van der Waals surface area (Å²) in [6.07, 6.45) is 0. The predicted molar refractivity (Wildman–Crippen MR) is 97.3 cm³/mol. The van der Waals surface area contributed by atoms with Crippen molar-refractivity contribution in [3.05, 3.63) is 53.6 Å². The number of ketones is 1. The van der Waals surface area contributed by atoms with Gasteiger partial charge in [-0.1, -0.05) is 6.07 Å². The SMILES string of the molecule is CC(=O)c1ccc(OCC(=O)OCC(=O)NCc2ccc3c(c2)OCO3)cc1. The summed E-state index contributed by atoms with van der Waals surface area (Å²) in [7, 11) is 0. The fraction of sp³-hybridized carbons (Fsp3) is 0.250. The van der Waals surface area contributed by atoms with E-state index in [-0.39, 0.29) is 25.7 Å². The van der Waals surface area contributed by atoms with Crippen LogP contribution in [0.4, 0.5) is 0 Å². The minimum atomic E-state index is -0.672. The van der Waals surface area contributed by atoms with E-state index in [9.17, 15) is 14.4 Å². The van der Waals surface area contributed by atoms with Crippen LogP contribution in [0.3, 0.4) is 0 Å². The van der Waals surface area contributed by atoms with Gasteiger partial charge in [-0.15, -0.1) is 0 Å².